The molecule has 3 heterocycles. The van der Waals surface area contributed by atoms with Crippen molar-refractivity contribution in [2.45, 2.75) is 25.4 Å². The highest BCUT2D eigenvalue weighted by atomic mass is 19.4. The van der Waals surface area contributed by atoms with Crippen LogP contribution in [-0.2, 0) is 6.54 Å². The highest BCUT2D eigenvalue weighted by Gasteiger charge is 2.41. The van der Waals surface area contributed by atoms with E-state index in [1.807, 2.05) is 37.3 Å². The fourth-order valence-corrected chi connectivity index (χ4v) is 4.70. The van der Waals surface area contributed by atoms with Gasteiger partial charge in [0, 0.05) is 49.0 Å². The minimum Gasteiger partial charge on any atom is -0.489 e. The molecular formula is C27H28F3N5O5. The second kappa shape index (κ2) is 11.1. The molecule has 2 aliphatic heterocycles. The number of rotatable bonds is 9. The molecule has 0 amide bonds. The lowest BCUT2D eigenvalue weighted by Gasteiger charge is -2.35. The van der Waals surface area contributed by atoms with Gasteiger partial charge in [-0.1, -0.05) is 30.4 Å². The number of imidazole rings is 1. The molecule has 0 saturated carbocycles. The van der Waals surface area contributed by atoms with Crippen LogP contribution in [0.15, 0.2) is 60.8 Å². The first kappa shape index (κ1) is 27.3. The van der Waals surface area contributed by atoms with Crippen LogP contribution in [0.1, 0.15) is 12.5 Å². The van der Waals surface area contributed by atoms with E-state index in [1.165, 1.54) is 18.3 Å². The number of para-hydroxylation sites is 1. The van der Waals surface area contributed by atoms with Gasteiger partial charge in [0.15, 0.2) is 5.60 Å². The van der Waals surface area contributed by atoms with Gasteiger partial charge >= 0.3 is 18.2 Å². The molecule has 1 saturated heterocycles. The van der Waals surface area contributed by atoms with Crippen LogP contribution in [0.2, 0.25) is 0 Å². The topological polar surface area (TPSA) is 95.1 Å². The predicted molar refractivity (Wildman–Crippen MR) is 141 cm³/mol. The summed E-state index contributed by atoms with van der Waals surface area (Å²) in [5.74, 6) is 0.223. The molecule has 1 aromatic heterocycles. The number of benzene rings is 2. The number of nitrogens with zero attached hydrogens (tertiary/aromatic N) is 5. The standard InChI is InChI=1S/C27H28F3N5O5/c1-26(18-34-17-24(35(36)37)31-25(34)40-26)19-38-22-10-8-21(9-11-22)33-15-13-32(14-16-33)12-4-6-20-5-2-3-7-23(20)39-27(28,29)30/h2-11,17H,12-16,18-19H2,1H3/b6-4+/t26-/m1/s1. The van der Waals surface area contributed by atoms with Crippen LogP contribution in [0, 0.1) is 10.1 Å². The van der Waals surface area contributed by atoms with Crippen LogP contribution in [0.5, 0.6) is 17.5 Å². The number of anilines is 1. The van der Waals surface area contributed by atoms with E-state index in [2.05, 4.69) is 19.5 Å². The van der Waals surface area contributed by atoms with Gasteiger partial charge < -0.3 is 29.2 Å². The van der Waals surface area contributed by atoms with Gasteiger partial charge in [-0.3, -0.25) is 9.47 Å². The Kier molecular flexibility index (Phi) is 7.57. The highest BCUT2D eigenvalue weighted by molar-refractivity contribution is 5.57. The SMILES string of the molecule is C[C@]1(COc2ccc(N3CCN(C/C=C/c4ccccc4OC(F)(F)F)CC3)cc2)Cn2cc([N+](=O)[O-])nc2O1. The lowest BCUT2D eigenvalue weighted by molar-refractivity contribution is -0.389. The number of hydrogen-bond donors (Lipinski definition) is 0. The first-order valence-corrected chi connectivity index (χ1v) is 12.7. The number of halogens is 3. The number of ether oxygens (including phenoxy) is 3. The smallest absolute Gasteiger partial charge is 0.489 e. The van der Waals surface area contributed by atoms with Crippen molar-refractivity contribution in [3.05, 3.63) is 76.5 Å². The van der Waals surface area contributed by atoms with Crippen molar-refractivity contribution in [2.75, 3.05) is 44.2 Å². The molecule has 0 radical (unpaired) electrons. The molecule has 1 fully saturated rings. The Hall–Kier alpha value is -4.26. The van der Waals surface area contributed by atoms with E-state index in [9.17, 15) is 23.3 Å². The maximum absolute atomic E-state index is 12.6. The Bertz CT molecular complexity index is 1340. The van der Waals surface area contributed by atoms with Crippen molar-refractivity contribution in [2.24, 2.45) is 0 Å². The van der Waals surface area contributed by atoms with Gasteiger partial charge in [-0.05, 0) is 42.2 Å². The average molecular weight is 560 g/mol. The summed E-state index contributed by atoms with van der Waals surface area (Å²) in [7, 11) is 0. The molecule has 0 N–H and O–H groups in total. The largest absolute Gasteiger partial charge is 0.573 e. The van der Waals surface area contributed by atoms with E-state index >= 15 is 0 Å². The lowest BCUT2D eigenvalue weighted by Crippen LogP contribution is -2.46. The van der Waals surface area contributed by atoms with Gasteiger partial charge in [0.25, 0.3) is 0 Å². The molecule has 0 bridgehead atoms. The molecule has 1 atom stereocenters. The molecule has 2 aliphatic rings. The molecule has 212 valence electrons. The highest BCUT2D eigenvalue weighted by Crippen LogP contribution is 2.32. The second-order valence-electron chi connectivity index (χ2n) is 9.88. The van der Waals surface area contributed by atoms with Crippen LogP contribution in [0.25, 0.3) is 6.08 Å². The number of aromatic nitrogens is 2. The average Bonchev–Trinajstić information content (AvgIpc) is 3.44. The van der Waals surface area contributed by atoms with E-state index in [4.69, 9.17) is 9.47 Å². The van der Waals surface area contributed by atoms with Crippen molar-refractivity contribution in [3.8, 4) is 17.5 Å². The minimum atomic E-state index is -4.73. The van der Waals surface area contributed by atoms with E-state index in [1.54, 1.807) is 22.8 Å². The number of alkyl halides is 3. The maximum Gasteiger partial charge on any atom is 0.573 e. The van der Waals surface area contributed by atoms with Crippen molar-refractivity contribution < 1.29 is 32.3 Å². The Morgan fingerprint density at radius 1 is 1.12 bits per heavy atom. The third kappa shape index (κ3) is 6.65. The van der Waals surface area contributed by atoms with Gasteiger partial charge in [0.1, 0.15) is 24.3 Å². The Morgan fingerprint density at radius 2 is 1.85 bits per heavy atom. The molecular weight excluding hydrogens is 531 g/mol. The van der Waals surface area contributed by atoms with Crippen LogP contribution < -0.4 is 19.1 Å². The zero-order valence-electron chi connectivity index (χ0n) is 21.7. The molecule has 0 spiro atoms. The lowest BCUT2D eigenvalue weighted by atomic mass is 10.1. The summed E-state index contributed by atoms with van der Waals surface area (Å²) in [6.07, 6.45) is 0.133. The molecule has 0 unspecified atom stereocenters. The van der Waals surface area contributed by atoms with Crippen LogP contribution in [0.4, 0.5) is 24.7 Å². The Labute approximate surface area is 228 Å². The molecule has 13 heteroatoms. The van der Waals surface area contributed by atoms with Gasteiger partial charge in [-0.25, -0.2) is 0 Å². The molecule has 3 aromatic rings. The van der Waals surface area contributed by atoms with E-state index in [0.29, 0.717) is 24.4 Å². The van der Waals surface area contributed by atoms with Crippen molar-refractivity contribution in [1.82, 2.24) is 14.5 Å². The number of piperazine rings is 1. The second-order valence-corrected chi connectivity index (χ2v) is 9.88. The van der Waals surface area contributed by atoms with Gasteiger partial charge in [0.2, 0.25) is 0 Å². The van der Waals surface area contributed by atoms with Gasteiger partial charge in [0.05, 0.1) is 6.54 Å². The summed E-state index contributed by atoms with van der Waals surface area (Å²) in [5.41, 5.74) is 0.759. The minimum absolute atomic E-state index is 0.211. The molecule has 40 heavy (non-hydrogen) atoms. The number of fused-ring (bicyclic) bond motifs is 1. The van der Waals surface area contributed by atoms with Crippen molar-refractivity contribution in [3.63, 3.8) is 0 Å². The summed E-state index contributed by atoms with van der Waals surface area (Å²) in [5, 5.41) is 10.9. The van der Waals surface area contributed by atoms with E-state index in [-0.39, 0.29) is 24.2 Å². The molecule has 2 aromatic carbocycles. The zero-order chi connectivity index (χ0) is 28.3. The monoisotopic (exact) mass is 559 g/mol. The first-order valence-electron chi connectivity index (χ1n) is 12.7. The summed E-state index contributed by atoms with van der Waals surface area (Å²) in [6.45, 7) is 6.38. The third-order valence-corrected chi connectivity index (χ3v) is 6.68. The van der Waals surface area contributed by atoms with Gasteiger partial charge in [-0.2, -0.15) is 0 Å². The number of nitro groups is 1. The molecule has 0 aliphatic carbocycles. The van der Waals surface area contributed by atoms with Crippen molar-refractivity contribution >= 4 is 17.6 Å². The molecule has 5 rings (SSSR count). The van der Waals surface area contributed by atoms with Crippen molar-refractivity contribution in [1.29, 1.82) is 0 Å². The van der Waals surface area contributed by atoms with Crippen LogP contribution in [0.3, 0.4) is 0 Å². The predicted octanol–water partition coefficient (Wildman–Crippen LogP) is 4.76. The Morgan fingerprint density at radius 3 is 2.52 bits per heavy atom. The first-order chi connectivity index (χ1) is 19.1. The van der Waals surface area contributed by atoms with Crippen LogP contribution in [-0.4, -0.2) is 70.7 Å². The fourth-order valence-electron chi connectivity index (χ4n) is 4.70. The van der Waals surface area contributed by atoms with E-state index in [0.717, 1.165) is 31.9 Å². The summed E-state index contributed by atoms with van der Waals surface area (Å²) < 4.78 is 55.3. The molecule has 10 nitrogen and oxygen atoms in total. The zero-order valence-corrected chi connectivity index (χ0v) is 21.7. The quantitative estimate of drug-likeness (QED) is 0.274. The summed E-state index contributed by atoms with van der Waals surface area (Å²) >= 11 is 0. The van der Waals surface area contributed by atoms with Gasteiger partial charge in [-0.15, -0.1) is 13.2 Å². The Balaban J connectivity index is 1.07. The van der Waals surface area contributed by atoms with Crippen LogP contribution >= 0.6 is 0 Å². The summed E-state index contributed by atoms with van der Waals surface area (Å²) in [6, 6.07) is 14.1. The van der Waals surface area contributed by atoms with E-state index < -0.39 is 16.9 Å². The normalized spacial score (nSPS) is 19.4. The third-order valence-electron chi connectivity index (χ3n) is 6.68. The fraction of sp³-hybridized carbons (Fsp3) is 0.370. The summed E-state index contributed by atoms with van der Waals surface area (Å²) in [4.78, 5) is 18.7. The maximum atomic E-state index is 12.6. The number of hydrogen-bond acceptors (Lipinski definition) is 8.